The number of benzene rings is 2. The Hall–Kier alpha value is -6.76. The number of carbonyl (C=O) groups is 7. The maximum atomic E-state index is 13.2. The van der Waals surface area contributed by atoms with Gasteiger partial charge >= 0.3 is 6.09 Å². The molecular formula is C44H58ClN11O8. The van der Waals surface area contributed by atoms with Crippen LogP contribution in [0.1, 0.15) is 71.9 Å². The number of carbonyl (C=O) groups excluding carboxylic acids is 7. The Morgan fingerprint density at radius 2 is 1.02 bits per heavy atom. The highest BCUT2D eigenvalue weighted by atomic mass is 35.5. The van der Waals surface area contributed by atoms with Crippen LogP contribution in [-0.2, 0) is 50.9 Å². The minimum Gasteiger partial charge on any atom is -0.444 e. The van der Waals surface area contributed by atoms with Crippen LogP contribution in [0.3, 0.4) is 0 Å². The van der Waals surface area contributed by atoms with Gasteiger partial charge in [-0.2, -0.15) is 10.2 Å². The summed E-state index contributed by atoms with van der Waals surface area (Å²) in [7, 11) is 3.44. The molecule has 2 aliphatic rings. The zero-order chi connectivity index (χ0) is 45.8. The fraction of sp³-hybridized carbons (Fsp3) is 0.432. The van der Waals surface area contributed by atoms with Gasteiger partial charge in [-0.05, 0) is 51.2 Å². The van der Waals surface area contributed by atoms with Crippen molar-refractivity contribution in [2.24, 2.45) is 25.6 Å². The number of primary amides is 2. The van der Waals surface area contributed by atoms with Gasteiger partial charge in [0.05, 0.1) is 0 Å². The van der Waals surface area contributed by atoms with Crippen LogP contribution in [0, 0.1) is 0 Å². The number of anilines is 2. The van der Waals surface area contributed by atoms with E-state index in [2.05, 4.69) is 25.7 Å². The zero-order valence-electron chi connectivity index (χ0n) is 36.8. The van der Waals surface area contributed by atoms with Gasteiger partial charge in [0.1, 0.15) is 28.8 Å². The van der Waals surface area contributed by atoms with Gasteiger partial charge in [-0.3, -0.25) is 38.1 Å². The van der Waals surface area contributed by atoms with E-state index in [0.717, 1.165) is 43.5 Å². The number of hydrogen-bond donors (Lipinski definition) is 4. The summed E-state index contributed by atoms with van der Waals surface area (Å²) in [4.78, 5) is 91.9. The standard InChI is InChI=1S/C24H32N6O5.C20H25N5O3.ClH/c1-24(2,3)35-23(34)30-12-10-29(11-13-30)21-17(15-28(4)27-21)22(33)26-18(19(31)20(25)32)14-16-8-6-5-7-9-16;1-24-13-15(19(23-24)25-10-6-3-7-11-25)20(28)22-16(17(26)18(21)27)12-14-8-4-2-5-9-14;/h5-9,15,18H,10-14H2,1-4H3,(H2,25,32)(H,26,33);2,4-5,8-9,13,16H,3,6-7,10-12H2,1H3,(H2,21,27)(H,22,28);1H. The van der Waals surface area contributed by atoms with Gasteiger partial charge in [0.15, 0.2) is 11.6 Å². The molecule has 64 heavy (non-hydrogen) atoms. The molecule has 2 saturated heterocycles. The van der Waals surface area contributed by atoms with E-state index in [1.165, 1.54) is 4.68 Å². The number of piperidine rings is 1. The number of ketones is 2. The average molecular weight is 904 g/mol. The summed E-state index contributed by atoms with van der Waals surface area (Å²) in [5.41, 5.74) is 12.1. The van der Waals surface area contributed by atoms with E-state index in [4.69, 9.17) is 16.2 Å². The second kappa shape index (κ2) is 22.5. The molecule has 6 N–H and O–H groups in total. The Morgan fingerprint density at radius 1 is 0.625 bits per heavy atom. The molecular weight excluding hydrogens is 846 g/mol. The number of hydrogen-bond acceptors (Lipinski definition) is 12. The monoisotopic (exact) mass is 903 g/mol. The van der Waals surface area contributed by atoms with Crippen molar-refractivity contribution in [2.45, 2.75) is 70.6 Å². The molecule has 0 radical (unpaired) electrons. The average Bonchev–Trinajstić information content (AvgIpc) is 3.85. The maximum absolute atomic E-state index is 13.2. The van der Waals surface area contributed by atoms with E-state index >= 15 is 0 Å². The number of nitrogens with one attached hydrogen (secondary N) is 2. The quantitative estimate of drug-likeness (QED) is 0.133. The lowest BCUT2D eigenvalue weighted by Gasteiger charge is -2.36. The number of piperazine rings is 1. The second-order valence-electron chi connectivity index (χ2n) is 16.5. The van der Waals surface area contributed by atoms with E-state index in [1.54, 1.807) is 60.3 Å². The van der Waals surface area contributed by atoms with Crippen molar-refractivity contribution in [3.8, 4) is 0 Å². The molecule has 2 aromatic carbocycles. The molecule has 4 aromatic rings. The van der Waals surface area contributed by atoms with Crippen molar-refractivity contribution in [2.75, 3.05) is 49.1 Å². The van der Waals surface area contributed by atoms with E-state index < -0.39 is 52.9 Å². The smallest absolute Gasteiger partial charge is 0.410 e. The fourth-order valence-corrected chi connectivity index (χ4v) is 7.21. The largest absolute Gasteiger partial charge is 0.444 e. The first kappa shape index (κ1) is 49.9. The van der Waals surface area contributed by atoms with Crippen LogP contribution < -0.4 is 31.9 Å². The summed E-state index contributed by atoms with van der Waals surface area (Å²) >= 11 is 0. The first-order valence-corrected chi connectivity index (χ1v) is 20.8. The molecule has 0 aliphatic carbocycles. The molecule has 20 heteroatoms. The van der Waals surface area contributed by atoms with Crippen LogP contribution in [0.5, 0.6) is 0 Å². The summed E-state index contributed by atoms with van der Waals surface area (Å²) < 4.78 is 8.52. The van der Waals surface area contributed by atoms with Crippen molar-refractivity contribution in [1.29, 1.82) is 0 Å². The lowest BCUT2D eigenvalue weighted by Crippen LogP contribution is -2.51. The zero-order valence-corrected chi connectivity index (χ0v) is 37.6. The van der Waals surface area contributed by atoms with Crippen molar-refractivity contribution < 1.29 is 38.3 Å². The minimum absolute atomic E-state index is 0. The highest BCUT2D eigenvalue weighted by Gasteiger charge is 2.32. The predicted molar refractivity (Wildman–Crippen MR) is 241 cm³/mol. The minimum atomic E-state index is -1.11. The third-order valence-electron chi connectivity index (χ3n) is 10.3. The van der Waals surface area contributed by atoms with Gasteiger partial charge in [0, 0.05) is 78.6 Å². The molecule has 5 amide bonds. The van der Waals surface area contributed by atoms with Crippen molar-refractivity contribution >= 4 is 65.3 Å². The number of ether oxygens (including phenoxy) is 1. The number of aromatic nitrogens is 4. The van der Waals surface area contributed by atoms with Crippen LogP contribution in [0.4, 0.5) is 16.4 Å². The van der Waals surface area contributed by atoms with Gasteiger partial charge in [-0.1, -0.05) is 60.7 Å². The first-order valence-electron chi connectivity index (χ1n) is 20.8. The van der Waals surface area contributed by atoms with Crippen LogP contribution in [0.25, 0.3) is 0 Å². The van der Waals surface area contributed by atoms with Crippen LogP contribution in [0.15, 0.2) is 73.1 Å². The lowest BCUT2D eigenvalue weighted by molar-refractivity contribution is -0.137. The second-order valence-corrected chi connectivity index (χ2v) is 16.5. The molecule has 2 aromatic heterocycles. The summed E-state index contributed by atoms with van der Waals surface area (Å²) in [6.07, 6.45) is 6.38. The molecule has 6 rings (SSSR count). The molecule has 4 heterocycles. The highest BCUT2D eigenvalue weighted by molar-refractivity contribution is 6.38. The number of amides is 5. The third-order valence-corrected chi connectivity index (χ3v) is 10.3. The van der Waals surface area contributed by atoms with Gasteiger partial charge in [-0.25, -0.2) is 4.79 Å². The number of nitrogens with two attached hydrogens (primary N) is 2. The molecule has 2 unspecified atom stereocenters. The van der Waals surface area contributed by atoms with Crippen molar-refractivity contribution in [3.05, 3.63) is 95.3 Å². The van der Waals surface area contributed by atoms with E-state index in [9.17, 15) is 33.6 Å². The maximum Gasteiger partial charge on any atom is 0.410 e. The molecule has 0 spiro atoms. The van der Waals surface area contributed by atoms with E-state index in [1.807, 2.05) is 62.1 Å². The Balaban J connectivity index is 0.000000283. The Bertz CT molecular complexity index is 2260. The Morgan fingerprint density at radius 3 is 1.39 bits per heavy atom. The fourth-order valence-electron chi connectivity index (χ4n) is 7.21. The lowest BCUT2D eigenvalue weighted by atomic mass is 10.0. The first-order chi connectivity index (χ1) is 29.9. The summed E-state index contributed by atoms with van der Waals surface area (Å²) in [6.45, 7) is 8.83. The van der Waals surface area contributed by atoms with Gasteiger partial charge in [0.25, 0.3) is 23.6 Å². The van der Waals surface area contributed by atoms with Crippen LogP contribution >= 0.6 is 12.4 Å². The summed E-state index contributed by atoms with van der Waals surface area (Å²) in [5, 5.41) is 14.2. The predicted octanol–water partition coefficient (Wildman–Crippen LogP) is 2.10. The molecule has 2 aliphatic heterocycles. The third kappa shape index (κ3) is 13.9. The molecule has 2 fully saturated rings. The van der Waals surface area contributed by atoms with Gasteiger partial charge in [-0.15, -0.1) is 12.4 Å². The van der Waals surface area contributed by atoms with Gasteiger partial charge < -0.3 is 41.5 Å². The number of Topliss-reactive ketones (excluding diaryl/α,β-unsaturated/α-hetero) is 2. The van der Waals surface area contributed by atoms with E-state index in [0.29, 0.717) is 43.4 Å². The number of aryl methyl sites for hydroxylation is 2. The molecule has 0 saturated carbocycles. The molecule has 2 atom stereocenters. The topological polar surface area (TPSA) is 250 Å². The normalized spacial score (nSPS) is 14.7. The Labute approximate surface area is 378 Å². The van der Waals surface area contributed by atoms with Gasteiger partial charge in [0.2, 0.25) is 11.6 Å². The van der Waals surface area contributed by atoms with Crippen LogP contribution in [-0.4, -0.2) is 123 Å². The van der Waals surface area contributed by atoms with Crippen molar-refractivity contribution in [3.63, 3.8) is 0 Å². The summed E-state index contributed by atoms with van der Waals surface area (Å²) in [5.74, 6) is -3.83. The van der Waals surface area contributed by atoms with Crippen LogP contribution in [0.2, 0.25) is 0 Å². The van der Waals surface area contributed by atoms with Crippen molar-refractivity contribution in [1.82, 2.24) is 35.1 Å². The number of halogens is 1. The Kier molecular flexibility index (Phi) is 17.6. The molecule has 0 bridgehead atoms. The molecule has 19 nitrogen and oxygen atoms in total. The molecule has 344 valence electrons. The van der Waals surface area contributed by atoms with E-state index in [-0.39, 0.29) is 36.9 Å². The summed E-state index contributed by atoms with van der Waals surface area (Å²) in [6, 6.07) is 16.1. The highest BCUT2D eigenvalue weighted by Crippen LogP contribution is 2.24. The SMILES string of the molecule is Cl.Cn1cc(C(=O)NC(Cc2ccccc2)C(=O)C(N)=O)c(N2CCCCC2)n1.Cn1cc(C(=O)NC(Cc2ccccc2)C(=O)C(N)=O)c(N2CCN(C(=O)OC(C)(C)C)CC2)n1. The number of rotatable bonds is 14. The number of nitrogens with zero attached hydrogens (tertiary/aromatic N) is 7.